The van der Waals surface area contributed by atoms with Crippen molar-refractivity contribution in [2.75, 3.05) is 13.1 Å². The van der Waals surface area contributed by atoms with E-state index >= 15 is 0 Å². The fourth-order valence-corrected chi connectivity index (χ4v) is 1.75. The minimum Gasteiger partial charge on any atom is -0.385 e. The van der Waals surface area contributed by atoms with Crippen LogP contribution in [0.3, 0.4) is 0 Å². The maximum absolute atomic E-state index is 11.7. The molecule has 0 saturated carbocycles. The van der Waals surface area contributed by atoms with Crippen LogP contribution < -0.4 is 23.2 Å². The average Bonchev–Trinajstić information content (AvgIpc) is 2.46. The van der Waals surface area contributed by atoms with Crippen LogP contribution in [0.25, 0.3) is 0 Å². The summed E-state index contributed by atoms with van der Waals surface area (Å²) in [7, 11) is 0. The molecule has 4 amide bonds. The molecular weight excluding hydrogens is 292 g/mol. The number of hydrazine groups is 2. The van der Waals surface area contributed by atoms with E-state index in [1.165, 1.54) is 0 Å². The van der Waals surface area contributed by atoms with Gasteiger partial charge in [0.2, 0.25) is 0 Å². The molecule has 0 aliphatic heterocycles. The van der Waals surface area contributed by atoms with Crippen LogP contribution >= 0.6 is 0 Å². The van der Waals surface area contributed by atoms with Gasteiger partial charge in [-0.15, -0.1) is 0 Å². The monoisotopic (exact) mass is 318 g/mol. The molecule has 0 fully saturated rings. The molecule has 0 spiro atoms. The predicted octanol–water partition coefficient (Wildman–Crippen LogP) is -1.23. The SMILES string of the molecule is NC(=O)N(N)CCCCC(=O)C(O)CCCCN(N)C(N)=O. The first-order valence-electron chi connectivity index (χ1n) is 7.09. The number of ketones is 1. The summed E-state index contributed by atoms with van der Waals surface area (Å²) >= 11 is 0. The summed E-state index contributed by atoms with van der Waals surface area (Å²) in [6.45, 7) is 0.536. The second kappa shape index (κ2) is 10.8. The molecule has 9 N–H and O–H groups in total. The third kappa shape index (κ3) is 9.10. The van der Waals surface area contributed by atoms with Crippen LogP contribution in [-0.2, 0) is 4.79 Å². The third-order valence-corrected chi connectivity index (χ3v) is 3.14. The summed E-state index contributed by atoms with van der Waals surface area (Å²) in [6, 6.07) is -1.45. The van der Waals surface area contributed by atoms with Gasteiger partial charge in [0.15, 0.2) is 5.78 Å². The van der Waals surface area contributed by atoms with Crippen molar-refractivity contribution in [2.24, 2.45) is 23.2 Å². The molecule has 10 nitrogen and oxygen atoms in total. The second-order valence-electron chi connectivity index (χ2n) is 5.00. The second-order valence-corrected chi connectivity index (χ2v) is 5.00. The molecule has 0 aromatic carbocycles. The number of Topliss-reactive ketones (excluding diaryl/α,β-unsaturated/α-hetero) is 1. The van der Waals surface area contributed by atoms with Crippen LogP contribution in [0.15, 0.2) is 0 Å². The summed E-state index contributed by atoms with van der Waals surface area (Å²) in [6.07, 6.45) is 1.60. The number of primary amides is 2. The fraction of sp³-hybridized carbons (Fsp3) is 0.750. The van der Waals surface area contributed by atoms with Gasteiger partial charge in [0.05, 0.1) is 0 Å². The Hall–Kier alpha value is -1.91. The molecule has 0 bridgehead atoms. The Kier molecular flexibility index (Phi) is 9.83. The van der Waals surface area contributed by atoms with E-state index in [0.717, 1.165) is 10.0 Å². The summed E-state index contributed by atoms with van der Waals surface area (Å²) in [5.74, 6) is 10.3. The maximum atomic E-state index is 11.7. The number of urea groups is 2. The molecule has 0 aromatic heterocycles. The van der Waals surface area contributed by atoms with Crippen molar-refractivity contribution in [3.8, 4) is 0 Å². The van der Waals surface area contributed by atoms with Crippen LogP contribution in [-0.4, -0.2) is 52.2 Å². The molecular formula is C12H26N6O4. The minimum atomic E-state index is -1.04. The van der Waals surface area contributed by atoms with Gasteiger partial charge in [0.1, 0.15) is 6.10 Å². The van der Waals surface area contributed by atoms with Gasteiger partial charge in [-0.05, 0) is 32.1 Å². The number of unbranched alkanes of at least 4 members (excludes halogenated alkanes) is 2. The van der Waals surface area contributed by atoms with E-state index in [4.69, 9.17) is 23.2 Å². The number of carbonyl (C=O) groups excluding carboxylic acids is 3. The lowest BCUT2D eigenvalue weighted by atomic mass is 10.0. The number of hydrogen-bond acceptors (Lipinski definition) is 6. The molecule has 0 aromatic rings. The largest absolute Gasteiger partial charge is 0.385 e. The van der Waals surface area contributed by atoms with Crippen molar-refractivity contribution < 1.29 is 19.5 Å². The zero-order valence-electron chi connectivity index (χ0n) is 12.6. The number of aliphatic hydroxyl groups excluding tert-OH is 1. The van der Waals surface area contributed by atoms with E-state index in [-0.39, 0.29) is 25.3 Å². The summed E-state index contributed by atoms with van der Waals surface area (Å²) < 4.78 is 0. The van der Waals surface area contributed by atoms with Crippen molar-refractivity contribution in [3.63, 3.8) is 0 Å². The van der Waals surface area contributed by atoms with Crippen LogP contribution in [0, 0.1) is 0 Å². The maximum Gasteiger partial charge on any atom is 0.328 e. The molecule has 22 heavy (non-hydrogen) atoms. The van der Waals surface area contributed by atoms with Gasteiger partial charge in [-0.2, -0.15) is 0 Å². The number of nitrogens with two attached hydrogens (primary N) is 4. The highest BCUT2D eigenvalue weighted by molar-refractivity contribution is 5.82. The fourth-order valence-electron chi connectivity index (χ4n) is 1.75. The quantitative estimate of drug-likeness (QED) is 0.137. The van der Waals surface area contributed by atoms with Crippen LogP contribution in [0.1, 0.15) is 38.5 Å². The number of carbonyl (C=O) groups is 3. The Bertz CT molecular complexity index is 379. The standard InChI is InChI=1S/C12H26N6O4/c13-11(21)17(15)7-3-1-5-9(19)10(20)6-2-4-8-18(16)12(14)22/h9,19H,1-8,15-16H2,(H2,13,21)(H2,14,22). The predicted molar refractivity (Wildman–Crippen MR) is 79.7 cm³/mol. The van der Waals surface area contributed by atoms with Gasteiger partial charge in [0, 0.05) is 19.5 Å². The van der Waals surface area contributed by atoms with Gasteiger partial charge in [-0.25, -0.2) is 21.3 Å². The lowest BCUT2D eigenvalue weighted by Gasteiger charge is -2.14. The third-order valence-electron chi connectivity index (χ3n) is 3.14. The zero-order chi connectivity index (χ0) is 17.1. The molecule has 0 aliphatic carbocycles. The van der Waals surface area contributed by atoms with E-state index in [1.54, 1.807) is 0 Å². The molecule has 0 saturated heterocycles. The summed E-state index contributed by atoms with van der Waals surface area (Å²) in [5.41, 5.74) is 9.90. The van der Waals surface area contributed by atoms with E-state index < -0.39 is 18.2 Å². The number of aliphatic hydroxyl groups is 1. The molecule has 10 heteroatoms. The van der Waals surface area contributed by atoms with Crippen molar-refractivity contribution in [3.05, 3.63) is 0 Å². The molecule has 0 rings (SSSR count). The van der Waals surface area contributed by atoms with E-state index in [1.807, 2.05) is 0 Å². The van der Waals surface area contributed by atoms with Crippen molar-refractivity contribution >= 4 is 17.8 Å². The highest BCUT2D eigenvalue weighted by atomic mass is 16.3. The van der Waals surface area contributed by atoms with Gasteiger partial charge < -0.3 is 16.6 Å². The molecule has 128 valence electrons. The molecule has 1 atom stereocenters. The number of rotatable bonds is 11. The van der Waals surface area contributed by atoms with E-state index in [0.29, 0.717) is 32.1 Å². The lowest BCUT2D eigenvalue weighted by molar-refractivity contribution is -0.127. The Labute approximate surface area is 129 Å². The Morgan fingerprint density at radius 2 is 1.32 bits per heavy atom. The van der Waals surface area contributed by atoms with Gasteiger partial charge in [0.25, 0.3) is 0 Å². The van der Waals surface area contributed by atoms with Crippen molar-refractivity contribution in [2.45, 2.75) is 44.6 Å². The number of hydrogen-bond donors (Lipinski definition) is 5. The Morgan fingerprint density at radius 1 is 0.864 bits per heavy atom. The summed E-state index contributed by atoms with van der Waals surface area (Å²) in [5, 5.41) is 11.4. The van der Waals surface area contributed by atoms with Gasteiger partial charge in [-0.3, -0.25) is 14.8 Å². The Morgan fingerprint density at radius 3 is 1.77 bits per heavy atom. The number of amides is 4. The highest BCUT2D eigenvalue weighted by Crippen LogP contribution is 2.07. The van der Waals surface area contributed by atoms with E-state index in [9.17, 15) is 19.5 Å². The van der Waals surface area contributed by atoms with Crippen molar-refractivity contribution in [1.29, 1.82) is 0 Å². The minimum absolute atomic E-state index is 0.206. The van der Waals surface area contributed by atoms with Crippen LogP contribution in [0.5, 0.6) is 0 Å². The first kappa shape index (κ1) is 20.1. The van der Waals surface area contributed by atoms with Crippen LogP contribution in [0.4, 0.5) is 9.59 Å². The highest BCUT2D eigenvalue weighted by Gasteiger charge is 2.14. The molecule has 0 heterocycles. The van der Waals surface area contributed by atoms with Crippen LogP contribution in [0.2, 0.25) is 0 Å². The zero-order valence-corrected chi connectivity index (χ0v) is 12.6. The first-order chi connectivity index (χ1) is 10.3. The van der Waals surface area contributed by atoms with E-state index in [2.05, 4.69) is 0 Å². The van der Waals surface area contributed by atoms with Gasteiger partial charge >= 0.3 is 12.1 Å². The average molecular weight is 318 g/mol. The molecule has 1 unspecified atom stereocenters. The molecule has 0 radical (unpaired) electrons. The smallest absolute Gasteiger partial charge is 0.328 e. The summed E-state index contributed by atoms with van der Waals surface area (Å²) in [4.78, 5) is 33.0. The van der Waals surface area contributed by atoms with Crippen molar-refractivity contribution in [1.82, 2.24) is 10.0 Å². The topological polar surface area (TPSA) is 182 Å². The van der Waals surface area contributed by atoms with Gasteiger partial charge in [-0.1, -0.05) is 0 Å². The molecule has 0 aliphatic rings. The normalized spacial score (nSPS) is 11.8. The lowest BCUT2D eigenvalue weighted by Crippen LogP contribution is -2.42. The number of nitrogens with zero attached hydrogens (tertiary/aromatic N) is 2. The Balaban J connectivity index is 3.71. The first-order valence-corrected chi connectivity index (χ1v) is 7.09.